The van der Waals surface area contributed by atoms with Crippen molar-refractivity contribution in [2.45, 2.75) is 19.8 Å². The van der Waals surface area contributed by atoms with Gasteiger partial charge in [0.05, 0.1) is 31.2 Å². The molecule has 0 N–H and O–H groups in total. The van der Waals surface area contributed by atoms with Crippen LogP contribution in [-0.4, -0.2) is 50.7 Å². The number of carbonyl (C=O) groups is 2. The van der Waals surface area contributed by atoms with E-state index in [9.17, 15) is 9.59 Å². The molecule has 0 spiro atoms. The molecule has 2 rings (SSSR count). The molecule has 24 heavy (non-hydrogen) atoms. The van der Waals surface area contributed by atoms with Gasteiger partial charge in [-0.25, -0.2) is 0 Å². The number of hydrogen-bond donors (Lipinski definition) is 0. The number of likely N-dealkylation sites (tertiary alicyclic amines) is 1. The fourth-order valence-electron chi connectivity index (χ4n) is 2.80. The van der Waals surface area contributed by atoms with E-state index in [1.807, 2.05) is 6.92 Å². The fraction of sp³-hybridized carbons (Fsp3) is 0.529. The lowest BCUT2D eigenvalue weighted by Gasteiger charge is -2.31. The summed E-state index contributed by atoms with van der Waals surface area (Å²) in [5.74, 6) is 0.688. The van der Waals surface area contributed by atoms with Crippen LogP contribution in [0.25, 0.3) is 0 Å². The maximum atomic E-state index is 12.7. The molecule has 132 valence electrons. The summed E-state index contributed by atoms with van der Waals surface area (Å²) in [6, 6.07) is 3.42. The smallest absolute Gasteiger partial charge is 0.308 e. The maximum absolute atomic E-state index is 12.7. The lowest BCUT2D eigenvalue weighted by atomic mass is 9.96. The number of esters is 1. The van der Waals surface area contributed by atoms with Crippen molar-refractivity contribution in [2.24, 2.45) is 5.92 Å². The summed E-state index contributed by atoms with van der Waals surface area (Å²) in [6.45, 7) is 3.46. The second-order valence-electron chi connectivity index (χ2n) is 5.51. The van der Waals surface area contributed by atoms with Gasteiger partial charge in [0, 0.05) is 18.7 Å². The van der Waals surface area contributed by atoms with Gasteiger partial charge in [-0.05, 0) is 47.8 Å². The zero-order valence-electron chi connectivity index (χ0n) is 14.1. The monoisotopic (exact) mass is 399 g/mol. The van der Waals surface area contributed by atoms with Gasteiger partial charge in [0.2, 0.25) is 0 Å². The van der Waals surface area contributed by atoms with Crippen molar-refractivity contribution in [1.29, 1.82) is 0 Å². The summed E-state index contributed by atoms with van der Waals surface area (Å²) in [6.07, 6.45) is 1.24. The van der Waals surface area contributed by atoms with E-state index in [0.29, 0.717) is 54.1 Å². The molecule has 0 atom stereocenters. The molecular formula is C17H22BrNO5. The van der Waals surface area contributed by atoms with Crippen molar-refractivity contribution in [2.75, 3.05) is 33.9 Å². The number of benzene rings is 1. The Labute approximate surface area is 150 Å². The highest BCUT2D eigenvalue weighted by Crippen LogP contribution is 2.37. The Hall–Kier alpha value is -1.76. The van der Waals surface area contributed by atoms with Crippen LogP contribution in [0, 0.1) is 5.92 Å². The van der Waals surface area contributed by atoms with Crippen LogP contribution in [0.2, 0.25) is 0 Å². The van der Waals surface area contributed by atoms with Crippen molar-refractivity contribution in [3.8, 4) is 11.5 Å². The number of piperidine rings is 1. The number of methoxy groups -OCH3 is 2. The number of amides is 1. The average Bonchev–Trinajstić information content (AvgIpc) is 2.62. The molecule has 7 heteroatoms. The SMILES string of the molecule is CCOc1c(Br)cc(C(=O)N2CCC(C(=O)OC)CC2)cc1OC. The molecule has 0 aliphatic carbocycles. The molecule has 0 unspecified atom stereocenters. The third kappa shape index (κ3) is 4.01. The first-order valence-electron chi connectivity index (χ1n) is 7.89. The van der Waals surface area contributed by atoms with Crippen LogP contribution >= 0.6 is 15.9 Å². The Kier molecular flexibility index (Phi) is 6.48. The van der Waals surface area contributed by atoms with Crippen LogP contribution < -0.4 is 9.47 Å². The largest absolute Gasteiger partial charge is 0.493 e. The van der Waals surface area contributed by atoms with E-state index in [2.05, 4.69) is 15.9 Å². The van der Waals surface area contributed by atoms with Crippen molar-refractivity contribution < 1.29 is 23.8 Å². The van der Waals surface area contributed by atoms with E-state index in [-0.39, 0.29) is 17.8 Å². The molecular weight excluding hydrogens is 378 g/mol. The van der Waals surface area contributed by atoms with Crippen LogP contribution in [0.3, 0.4) is 0 Å². The second kappa shape index (κ2) is 8.37. The number of hydrogen-bond acceptors (Lipinski definition) is 5. The molecule has 1 heterocycles. The van der Waals surface area contributed by atoms with Gasteiger partial charge in [-0.1, -0.05) is 0 Å². The first-order valence-corrected chi connectivity index (χ1v) is 8.68. The molecule has 0 radical (unpaired) electrons. The molecule has 1 aliphatic heterocycles. The van der Waals surface area contributed by atoms with E-state index < -0.39 is 0 Å². The molecule has 1 aromatic carbocycles. The van der Waals surface area contributed by atoms with Crippen LogP contribution in [0.4, 0.5) is 0 Å². The predicted octanol–water partition coefficient (Wildman–Crippen LogP) is 2.88. The Morgan fingerprint density at radius 1 is 1.25 bits per heavy atom. The van der Waals surface area contributed by atoms with Gasteiger partial charge in [-0.2, -0.15) is 0 Å². The Bertz CT molecular complexity index is 611. The van der Waals surface area contributed by atoms with Crippen molar-refractivity contribution in [1.82, 2.24) is 4.90 Å². The highest BCUT2D eigenvalue weighted by Gasteiger charge is 2.29. The van der Waals surface area contributed by atoms with Crippen LogP contribution in [0.5, 0.6) is 11.5 Å². The van der Waals surface area contributed by atoms with E-state index in [4.69, 9.17) is 14.2 Å². The zero-order valence-corrected chi connectivity index (χ0v) is 15.7. The minimum absolute atomic E-state index is 0.0830. The average molecular weight is 400 g/mol. The summed E-state index contributed by atoms with van der Waals surface area (Å²) >= 11 is 3.43. The van der Waals surface area contributed by atoms with Crippen molar-refractivity contribution in [3.63, 3.8) is 0 Å². The van der Waals surface area contributed by atoms with Crippen LogP contribution in [-0.2, 0) is 9.53 Å². The van der Waals surface area contributed by atoms with E-state index >= 15 is 0 Å². The third-order valence-corrected chi connectivity index (χ3v) is 4.67. The summed E-state index contributed by atoms with van der Waals surface area (Å²) < 4.78 is 16.3. The molecule has 1 fully saturated rings. The van der Waals surface area contributed by atoms with E-state index in [0.717, 1.165) is 0 Å². The molecule has 0 saturated carbocycles. The highest BCUT2D eigenvalue weighted by molar-refractivity contribution is 9.10. The molecule has 1 aliphatic rings. The van der Waals surface area contributed by atoms with Gasteiger partial charge < -0.3 is 19.1 Å². The standard InChI is InChI=1S/C17H22BrNO5/c1-4-24-15-13(18)9-12(10-14(15)22-2)16(20)19-7-5-11(6-8-19)17(21)23-3/h9-11H,4-8H2,1-3H3. The number of halogens is 1. The molecule has 1 aromatic rings. The summed E-state index contributed by atoms with van der Waals surface area (Å²) in [4.78, 5) is 26.1. The van der Waals surface area contributed by atoms with Gasteiger partial charge in [-0.3, -0.25) is 9.59 Å². The van der Waals surface area contributed by atoms with E-state index in [1.54, 1.807) is 24.1 Å². The van der Waals surface area contributed by atoms with E-state index in [1.165, 1.54) is 7.11 Å². The molecule has 0 bridgehead atoms. The first-order chi connectivity index (χ1) is 11.5. The Balaban J connectivity index is 2.13. The number of rotatable bonds is 5. The topological polar surface area (TPSA) is 65.1 Å². The van der Waals surface area contributed by atoms with Gasteiger partial charge >= 0.3 is 5.97 Å². The molecule has 1 saturated heterocycles. The number of carbonyl (C=O) groups excluding carboxylic acids is 2. The van der Waals surface area contributed by atoms with Gasteiger partial charge in [0.15, 0.2) is 11.5 Å². The van der Waals surface area contributed by atoms with Crippen LogP contribution in [0.15, 0.2) is 16.6 Å². The molecule has 1 amide bonds. The lowest BCUT2D eigenvalue weighted by Crippen LogP contribution is -2.40. The predicted molar refractivity (Wildman–Crippen MR) is 92.5 cm³/mol. The van der Waals surface area contributed by atoms with Gasteiger partial charge in [0.1, 0.15) is 0 Å². The summed E-state index contributed by atoms with van der Waals surface area (Å²) in [5.41, 5.74) is 0.527. The summed E-state index contributed by atoms with van der Waals surface area (Å²) in [7, 11) is 2.93. The number of ether oxygens (including phenoxy) is 3. The third-order valence-electron chi connectivity index (χ3n) is 4.08. The molecule has 0 aromatic heterocycles. The first kappa shape index (κ1) is 18.6. The minimum atomic E-state index is -0.201. The van der Waals surface area contributed by atoms with Crippen molar-refractivity contribution >= 4 is 27.8 Å². The fourth-order valence-corrected chi connectivity index (χ4v) is 3.35. The highest BCUT2D eigenvalue weighted by atomic mass is 79.9. The summed E-state index contributed by atoms with van der Waals surface area (Å²) in [5, 5.41) is 0. The zero-order chi connectivity index (χ0) is 17.7. The Morgan fingerprint density at radius 3 is 2.46 bits per heavy atom. The lowest BCUT2D eigenvalue weighted by molar-refractivity contribution is -0.146. The van der Waals surface area contributed by atoms with Gasteiger partial charge in [-0.15, -0.1) is 0 Å². The number of nitrogens with zero attached hydrogens (tertiary/aromatic N) is 1. The van der Waals surface area contributed by atoms with Gasteiger partial charge in [0.25, 0.3) is 5.91 Å². The normalized spacial score (nSPS) is 15.1. The Morgan fingerprint density at radius 2 is 1.92 bits per heavy atom. The minimum Gasteiger partial charge on any atom is -0.493 e. The van der Waals surface area contributed by atoms with Crippen molar-refractivity contribution in [3.05, 3.63) is 22.2 Å². The maximum Gasteiger partial charge on any atom is 0.308 e. The van der Waals surface area contributed by atoms with Crippen LogP contribution in [0.1, 0.15) is 30.1 Å². The quantitative estimate of drug-likeness (QED) is 0.712. The molecule has 6 nitrogen and oxygen atoms in total. The second-order valence-corrected chi connectivity index (χ2v) is 6.37.